The zero-order valence-corrected chi connectivity index (χ0v) is 13.1. The van der Waals surface area contributed by atoms with Gasteiger partial charge in [0.05, 0.1) is 24.1 Å². The van der Waals surface area contributed by atoms with Gasteiger partial charge in [-0.2, -0.15) is 26.3 Å². The summed E-state index contributed by atoms with van der Waals surface area (Å²) < 4.78 is 83.4. The Hall–Kier alpha value is -2.69. The third-order valence-corrected chi connectivity index (χ3v) is 3.55. The molecule has 0 bridgehead atoms. The summed E-state index contributed by atoms with van der Waals surface area (Å²) in [7, 11) is 1.24. The lowest BCUT2D eigenvalue weighted by atomic mass is 10.0. The van der Waals surface area contributed by atoms with Gasteiger partial charge in [-0.3, -0.25) is 9.38 Å². The standard InChI is InChI=1S/C15H10F6N4O/c1-26-7-9-4-8(2-3-10(9)14(16,17)18)11-6-25-12(5-22-11)23-24-13(25)15(19,20)21/h2-6H,7H2,1H3. The minimum absolute atomic E-state index is 0.0360. The van der Waals surface area contributed by atoms with Crippen LogP contribution < -0.4 is 0 Å². The van der Waals surface area contributed by atoms with E-state index in [-0.39, 0.29) is 29.1 Å². The quantitative estimate of drug-likeness (QED) is 0.649. The Morgan fingerprint density at radius 2 is 1.77 bits per heavy atom. The molecule has 0 atom stereocenters. The Kier molecular flexibility index (Phi) is 4.34. The van der Waals surface area contributed by atoms with Crippen molar-refractivity contribution in [1.82, 2.24) is 19.6 Å². The lowest BCUT2D eigenvalue weighted by Crippen LogP contribution is -2.11. The Balaban J connectivity index is 2.13. The molecule has 26 heavy (non-hydrogen) atoms. The molecule has 0 saturated heterocycles. The summed E-state index contributed by atoms with van der Waals surface area (Å²) in [6.45, 7) is -0.314. The Morgan fingerprint density at radius 1 is 1.04 bits per heavy atom. The van der Waals surface area contributed by atoms with Gasteiger partial charge in [-0.25, -0.2) is 0 Å². The lowest BCUT2D eigenvalue weighted by Gasteiger charge is -2.14. The number of nitrogens with zero attached hydrogens (tertiary/aromatic N) is 4. The van der Waals surface area contributed by atoms with E-state index in [1.54, 1.807) is 0 Å². The number of alkyl halides is 6. The van der Waals surface area contributed by atoms with Crippen molar-refractivity contribution in [2.45, 2.75) is 19.0 Å². The second-order valence-corrected chi connectivity index (χ2v) is 5.32. The maximum Gasteiger partial charge on any atom is 0.452 e. The molecule has 3 rings (SSSR count). The molecule has 0 unspecified atom stereocenters. The first-order valence-electron chi connectivity index (χ1n) is 7.08. The number of hydrogen-bond acceptors (Lipinski definition) is 4. The summed E-state index contributed by atoms with van der Waals surface area (Å²) in [5.41, 5.74) is -0.934. The van der Waals surface area contributed by atoms with Crippen molar-refractivity contribution < 1.29 is 31.1 Å². The van der Waals surface area contributed by atoms with E-state index in [4.69, 9.17) is 4.74 Å². The summed E-state index contributed by atoms with van der Waals surface area (Å²) in [6.07, 6.45) is -7.23. The smallest absolute Gasteiger partial charge is 0.380 e. The van der Waals surface area contributed by atoms with Crippen LogP contribution in [0.4, 0.5) is 26.3 Å². The molecule has 0 saturated carbocycles. The van der Waals surface area contributed by atoms with Crippen LogP contribution in [-0.2, 0) is 23.7 Å². The molecular weight excluding hydrogens is 366 g/mol. The van der Waals surface area contributed by atoms with Crippen molar-refractivity contribution in [2.24, 2.45) is 0 Å². The van der Waals surface area contributed by atoms with Gasteiger partial charge in [0.1, 0.15) is 0 Å². The zero-order valence-electron chi connectivity index (χ0n) is 13.1. The van der Waals surface area contributed by atoms with Crippen LogP contribution >= 0.6 is 0 Å². The maximum atomic E-state index is 13.0. The molecule has 2 aromatic heterocycles. The fourth-order valence-electron chi connectivity index (χ4n) is 2.45. The van der Waals surface area contributed by atoms with Gasteiger partial charge in [0.25, 0.3) is 0 Å². The van der Waals surface area contributed by atoms with Crippen molar-refractivity contribution in [3.63, 3.8) is 0 Å². The van der Waals surface area contributed by atoms with Gasteiger partial charge in [-0.05, 0) is 17.7 Å². The number of aromatic nitrogens is 4. The van der Waals surface area contributed by atoms with Crippen LogP contribution in [0.25, 0.3) is 16.9 Å². The fourth-order valence-corrected chi connectivity index (χ4v) is 2.45. The molecule has 11 heteroatoms. The van der Waals surface area contributed by atoms with E-state index in [2.05, 4.69) is 15.2 Å². The van der Waals surface area contributed by atoms with Gasteiger partial charge in [0.15, 0.2) is 5.65 Å². The van der Waals surface area contributed by atoms with Crippen LogP contribution in [0.1, 0.15) is 17.0 Å². The highest BCUT2D eigenvalue weighted by Crippen LogP contribution is 2.35. The van der Waals surface area contributed by atoms with Crippen molar-refractivity contribution >= 4 is 5.65 Å². The van der Waals surface area contributed by atoms with Crippen molar-refractivity contribution in [1.29, 1.82) is 0 Å². The molecule has 0 aliphatic carbocycles. The summed E-state index contributed by atoms with van der Waals surface area (Å²) in [5.74, 6) is -1.25. The van der Waals surface area contributed by atoms with Gasteiger partial charge in [-0.1, -0.05) is 6.07 Å². The first-order chi connectivity index (χ1) is 12.1. The fraction of sp³-hybridized carbons (Fsp3) is 0.267. The van der Waals surface area contributed by atoms with E-state index < -0.39 is 23.7 Å². The number of rotatable bonds is 3. The molecule has 2 heterocycles. The number of hydrogen-bond donors (Lipinski definition) is 0. The number of ether oxygens (including phenoxy) is 1. The SMILES string of the molecule is COCc1cc(-c2cn3c(C(F)(F)F)nnc3cn2)ccc1C(F)(F)F. The molecule has 3 aromatic rings. The first-order valence-corrected chi connectivity index (χ1v) is 7.08. The van der Waals surface area contributed by atoms with Crippen LogP contribution in [0.3, 0.4) is 0 Å². The molecule has 0 aliphatic heterocycles. The van der Waals surface area contributed by atoms with Crippen LogP contribution in [0.15, 0.2) is 30.6 Å². The number of halogens is 6. The Morgan fingerprint density at radius 3 is 2.38 bits per heavy atom. The Labute approximate surface area is 142 Å². The number of fused-ring (bicyclic) bond motifs is 1. The van der Waals surface area contributed by atoms with Crippen LogP contribution in [0.2, 0.25) is 0 Å². The predicted octanol–water partition coefficient (Wildman–Crippen LogP) is 3.98. The molecule has 0 radical (unpaired) electrons. The molecular formula is C15H10F6N4O. The van der Waals surface area contributed by atoms with E-state index in [9.17, 15) is 26.3 Å². The van der Waals surface area contributed by atoms with Gasteiger partial charge < -0.3 is 4.74 Å². The molecule has 0 fully saturated rings. The lowest BCUT2D eigenvalue weighted by molar-refractivity contribution is -0.145. The summed E-state index contributed by atoms with van der Waals surface area (Å²) >= 11 is 0. The van der Waals surface area contributed by atoms with Gasteiger partial charge >= 0.3 is 12.4 Å². The highest BCUT2D eigenvalue weighted by atomic mass is 19.4. The molecule has 0 spiro atoms. The largest absolute Gasteiger partial charge is 0.452 e. The summed E-state index contributed by atoms with van der Waals surface area (Å²) in [6, 6.07) is 3.15. The normalized spacial score (nSPS) is 12.7. The van der Waals surface area contributed by atoms with E-state index >= 15 is 0 Å². The first kappa shape index (κ1) is 18.1. The molecule has 1 aromatic carbocycles. The minimum Gasteiger partial charge on any atom is -0.380 e. The molecule has 0 N–H and O–H groups in total. The second-order valence-electron chi connectivity index (χ2n) is 5.32. The molecule has 5 nitrogen and oxygen atoms in total. The van der Waals surface area contributed by atoms with Gasteiger partial charge in [-0.15, -0.1) is 10.2 Å². The summed E-state index contributed by atoms with van der Waals surface area (Å²) in [4.78, 5) is 3.95. The van der Waals surface area contributed by atoms with Crippen molar-refractivity contribution in [3.05, 3.63) is 47.5 Å². The number of benzene rings is 1. The monoisotopic (exact) mass is 376 g/mol. The highest BCUT2D eigenvalue weighted by Gasteiger charge is 2.37. The van der Waals surface area contributed by atoms with Crippen molar-refractivity contribution in [3.8, 4) is 11.3 Å². The van der Waals surface area contributed by atoms with Crippen LogP contribution in [0, 0.1) is 0 Å². The van der Waals surface area contributed by atoms with E-state index in [1.165, 1.54) is 13.2 Å². The van der Waals surface area contributed by atoms with Gasteiger partial charge in [0.2, 0.25) is 5.82 Å². The third-order valence-electron chi connectivity index (χ3n) is 3.55. The minimum atomic E-state index is -4.74. The van der Waals surface area contributed by atoms with Crippen LogP contribution in [-0.4, -0.2) is 26.7 Å². The zero-order chi connectivity index (χ0) is 19.1. The number of methoxy groups -OCH3 is 1. The molecule has 138 valence electrons. The second kappa shape index (κ2) is 6.24. The van der Waals surface area contributed by atoms with Gasteiger partial charge in [0, 0.05) is 18.9 Å². The summed E-state index contributed by atoms with van der Waals surface area (Å²) in [5, 5.41) is 6.45. The molecule has 0 amide bonds. The highest BCUT2D eigenvalue weighted by molar-refractivity contribution is 5.62. The van der Waals surface area contributed by atoms with E-state index in [0.717, 1.165) is 24.5 Å². The average molecular weight is 376 g/mol. The average Bonchev–Trinajstić information content (AvgIpc) is 2.97. The predicted molar refractivity (Wildman–Crippen MR) is 76.9 cm³/mol. The third kappa shape index (κ3) is 3.34. The molecule has 0 aliphatic rings. The van der Waals surface area contributed by atoms with Crippen molar-refractivity contribution in [2.75, 3.05) is 7.11 Å². The maximum absolute atomic E-state index is 13.0. The van der Waals surface area contributed by atoms with E-state index in [0.29, 0.717) is 4.40 Å². The topological polar surface area (TPSA) is 52.3 Å². The van der Waals surface area contributed by atoms with Crippen LogP contribution in [0.5, 0.6) is 0 Å². The Bertz CT molecular complexity index is 947. The van der Waals surface area contributed by atoms with E-state index in [1.807, 2.05) is 0 Å².